The number of nitrogens with one attached hydrogen (secondary N) is 1. The number of aryl methyl sites for hydroxylation is 1. The summed E-state index contributed by atoms with van der Waals surface area (Å²) >= 11 is 0. The summed E-state index contributed by atoms with van der Waals surface area (Å²) in [5.74, 6) is 0.792. The van der Waals surface area contributed by atoms with Gasteiger partial charge < -0.3 is 10.1 Å². The lowest BCUT2D eigenvalue weighted by Crippen LogP contribution is -2.26. The predicted molar refractivity (Wildman–Crippen MR) is 82.6 cm³/mol. The van der Waals surface area contributed by atoms with Gasteiger partial charge >= 0.3 is 0 Å². The van der Waals surface area contributed by atoms with Crippen LogP contribution in [-0.4, -0.2) is 22.6 Å². The molecule has 0 aliphatic rings. The first-order chi connectivity index (χ1) is 9.24. The Kier molecular flexibility index (Phi) is 6.08. The van der Waals surface area contributed by atoms with E-state index in [1.807, 2.05) is 19.9 Å². The zero-order valence-corrected chi connectivity index (χ0v) is 13.9. The SMILES string of the molecule is CCOC(c1nc(C)cc(CNC(C)C)n1)C(C)(C)C. The molecule has 0 aromatic carbocycles. The zero-order chi connectivity index (χ0) is 15.3. The molecule has 0 fully saturated rings. The van der Waals surface area contributed by atoms with Crippen LogP contribution in [0.1, 0.15) is 64.9 Å². The van der Waals surface area contributed by atoms with E-state index in [1.54, 1.807) is 0 Å². The summed E-state index contributed by atoms with van der Waals surface area (Å²) in [5, 5.41) is 3.39. The molecule has 0 aliphatic carbocycles. The highest BCUT2D eigenvalue weighted by atomic mass is 16.5. The van der Waals surface area contributed by atoms with Gasteiger partial charge in [0.05, 0.1) is 5.69 Å². The molecule has 1 rings (SSSR count). The summed E-state index contributed by atoms with van der Waals surface area (Å²) in [6.07, 6.45) is -0.0785. The fraction of sp³-hybridized carbons (Fsp3) is 0.750. The van der Waals surface area contributed by atoms with Gasteiger partial charge in [-0.15, -0.1) is 0 Å². The number of nitrogens with zero attached hydrogens (tertiary/aromatic N) is 2. The average Bonchev–Trinajstić information content (AvgIpc) is 2.31. The van der Waals surface area contributed by atoms with E-state index < -0.39 is 0 Å². The van der Waals surface area contributed by atoms with Gasteiger partial charge in [-0.1, -0.05) is 34.6 Å². The van der Waals surface area contributed by atoms with E-state index in [-0.39, 0.29) is 11.5 Å². The molecule has 1 aromatic heterocycles. The highest BCUT2D eigenvalue weighted by Crippen LogP contribution is 2.34. The maximum absolute atomic E-state index is 5.88. The van der Waals surface area contributed by atoms with Gasteiger partial charge in [0.15, 0.2) is 5.82 Å². The van der Waals surface area contributed by atoms with E-state index in [1.165, 1.54) is 0 Å². The highest BCUT2D eigenvalue weighted by Gasteiger charge is 2.29. The fourth-order valence-corrected chi connectivity index (χ4v) is 2.05. The Balaban J connectivity index is 3.03. The van der Waals surface area contributed by atoms with E-state index >= 15 is 0 Å². The maximum Gasteiger partial charge on any atom is 0.158 e. The Bertz CT molecular complexity index is 424. The van der Waals surface area contributed by atoms with Crippen LogP contribution in [0.5, 0.6) is 0 Å². The smallest absolute Gasteiger partial charge is 0.158 e. The van der Waals surface area contributed by atoms with Gasteiger partial charge in [0.1, 0.15) is 6.10 Å². The number of aromatic nitrogens is 2. The molecule has 0 saturated carbocycles. The van der Waals surface area contributed by atoms with E-state index in [0.29, 0.717) is 12.6 Å². The summed E-state index contributed by atoms with van der Waals surface area (Å²) in [4.78, 5) is 9.27. The second-order valence-corrected chi connectivity index (χ2v) is 6.60. The van der Waals surface area contributed by atoms with E-state index in [9.17, 15) is 0 Å². The van der Waals surface area contributed by atoms with Crippen molar-refractivity contribution in [3.05, 3.63) is 23.3 Å². The maximum atomic E-state index is 5.88. The van der Waals surface area contributed by atoms with Gasteiger partial charge in [-0.05, 0) is 25.3 Å². The Morgan fingerprint density at radius 3 is 2.40 bits per heavy atom. The summed E-state index contributed by atoms with van der Waals surface area (Å²) in [6.45, 7) is 16.2. The van der Waals surface area contributed by atoms with E-state index in [4.69, 9.17) is 9.72 Å². The second kappa shape index (κ2) is 7.14. The molecule has 1 atom stereocenters. The molecular weight excluding hydrogens is 250 g/mol. The second-order valence-electron chi connectivity index (χ2n) is 6.60. The van der Waals surface area contributed by atoms with Crippen LogP contribution in [0, 0.1) is 12.3 Å². The van der Waals surface area contributed by atoms with Crippen molar-refractivity contribution in [1.82, 2.24) is 15.3 Å². The Morgan fingerprint density at radius 1 is 1.25 bits per heavy atom. The third kappa shape index (κ3) is 5.17. The fourth-order valence-electron chi connectivity index (χ4n) is 2.05. The van der Waals surface area contributed by atoms with E-state index in [0.717, 1.165) is 23.8 Å². The van der Waals surface area contributed by atoms with Crippen molar-refractivity contribution in [1.29, 1.82) is 0 Å². The minimum atomic E-state index is -0.0785. The molecule has 114 valence electrons. The topological polar surface area (TPSA) is 47.0 Å². The van der Waals surface area contributed by atoms with Gasteiger partial charge in [0.2, 0.25) is 0 Å². The van der Waals surface area contributed by atoms with Crippen molar-refractivity contribution >= 4 is 0 Å². The average molecular weight is 279 g/mol. The lowest BCUT2D eigenvalue weighted by atomic mass is 9.88. The van der Waals surface area contributed by atoms with Crippen molar-refractivity contribution < 1.29 is 4.74 Å². The quantitative estimate of drug-likeness (QED) is 0.867. The third-order valence-electron chi connectivity index (χ3n) is 2.97. The Labute approximate surface area is 123 Å². The van der Waals surface area contributed by atoms with E-state index in [2.05, 4.69) is 44.9 Å². The zero-order valence-electron chi connectivity index (χ0n) is 13.9. The summed E-state index contributed by atoms with van der Waals surface area (Å²) in [7, 11) is 0. The van der Waals surface area contributed by atoms with Crippen molar-refractivity contribution in [3.8, 4) is 0 Å². The molecule has 1 N–H and O–H groups in total. The summed E-state index contributed by atoms with van der Waals surface area (Å²) in [5.41, 5.74) is 1.99. The lowest BCUT2D eigenvalue weighted by Gasteiger charge is -2.29. The highest BCUT2D eigenvalue weighted by molar-refractivity contribution is 5.12. The molecule has 0 bridgehead atoms. The Hall–Kier alpha value is -1.00. The van der Waals surface area contributed by atoms with Crippen LogP contribution in [-0.2, 0) is 11.3 Å². The lowest BCUT2D eigenvalue weighted by molar-refractivity contribution is -0.0193. The van der Waals surface area contributed by atoms with Crippen LogP contribution in [0.2, 0.25) is 0 Å². The minimum Gasteiger partial charge on any atom is -0.370 e. The molecule has 1 unspecified atom stereocenters. The van der Waals surface area contributed by atoms with Crippen LogP contribution in [0.15, 0.2) is 6.07 Å². The number of ether oxygens (including phenoxy) is 1. The van der Waals surface area contributed by atoms with Crippen molar-refractivity contribution in [2.75, 3.05) is 6.61 Å². The van der Waals surface area contributed by atoms with Crippen molar-refractivity contribution in [2.24, 2.45) is 5.41 Å². The number of rotatable bonds is 6. The van der Waals surface area contributed by atoms with Crippen LogP contribution < -0.4 is 5.32 Å². The normalized spacial score (nSPS) is 13.8. The van der Waals surface area contributed by atoms with Crippen molar-refractivity contribution in [2.45, 2.75) is 67.2 Å². The monoisotopic (exact) mass is 279 g/mol. The predicted octanol–water partition coefficient (Wildman–Crippen LogP) is 3.41. The molecule has 4 nitrogen and oxygen atoms in total. The van der Waals surface area contributed by atoms with Crippen LogP contribution in [0.25, 0.3) is 0 Å². The summed E-state index contributed by atoms with van der Waals surface area (Å²) in [6, 6.07) is 2.48. The molecular formula is C16H29N3O. The number of hydrogen-bond donors (Lipinski definition) is 1. The molecule has 0 aliphatic heterocycles. The van der Waals surface area contributed by atoms with Gasteiger partial charge in [-0.2, -0.15) is 0 Å². The molecule has 1 aromatic rings. The third-order valence-corrected chi connectivity index (χ3v) is 2.97. The first-order valence-electron chi connectivity index (χ1n) is 7.43. The number of hydrogen-bond acceptors (Lipinski definition) is 4. The first-order valence-corrected chi connectivity index (χ1v) is 7.43. The molecule has 0 radical (unpaired) electrons. The van der Waals surface area contributed by atoms with Gasteiger partial charge in [-0.25, -0.2) is 9.97 Å². The van der Waals surface area contributed by atoms with Gasteiger partial charge in [0.25, 0.3) is 0 Å². The largest absolute Gasteiger partial charge is 0.370 e. The van der Waals surface area contributed by atoms with Crippen LogP contribution >= 0.6 is 0 Å². The first kappa shape index (κ1) is 17.1. The van der Waals surface area contributed by atoms with Gasteiger partial charge in [0, 0.05) is 24.9 Å². The Morgan fingerprint density at radius 2 is 1.90 bits per heavy atom. The molecule has 20 heavy (non-hydrogen) atoms. The summed E-state index contributed by atoms with van der Waals surface area (Å²) < 4.78 is 5.88. The molecule has 1 heterocycles. The van der Waals surface area contributed by atoms with Crippen molar-refractivity contribution in [3.63, 3.8) is 0 Å². The molecule has 4 heteroatoms. The molecule has 0 saturated heterocycles. The molecule has 0 spiro atoms. The minimum absolute atomic E-state index is 0.0213. The standard InChI is InChI=1S/C16H29N3O/c1-8-20-14(16(5,6)7)15-18-12(4)9-13(19-15)10-17-11(2)3/h9,11,14,17H,8,10H2,1-7H3. The molecule has 0 amide bonds. The van der Waals surface area contributed by atoms with Gasteiger partial charge in [-0.3, -0.25) is 0 Å². The van der Waals surface area contributed by atoms with Crippen LogP contribution in [0.3, 0.4) is 0 Å². The van der Waals surface area contributed by atoms with Crippen LogP contribution in [0.4, 0.5) is 0 Å².